The molecule has 114 valence electrons. The van der Waals surface area contributed by atoms with E-state index < -0.39 is 5.97 Å². The fraction of sp³-hybridized carbons (Fsp3) is 0.294. The molecule has 0 N–H and O–H groups in total. The number of hydrogen-bond donors (Lipinski definition) is 0. The molecule has 0 saturated heterocycles. The van der Waals surface area contributed by atoms with E-state index in [-0.39, 0.29) is 18.6 Å². The van der Waals surface area contributed by atoms with Gasteiger partial charge in [-0.2, -0.15) is 0 Å². The second kappa shape index (κ2) is 6.05. The number of carbonyl (C=O) groups is 2. The third kappa shape index (κ3) is 2.74. The second-order valence-electron chi connectivity index (χ2n) is 5.37. The quantitative estimate of drug-likeness (QED) is 0.818. The summed E-state index contributed by atoms with van der Waals surface area (Å²) in [5, 5.41) is 0. The zero-order valence-corrected chi connectivity index (χ0v) is 12.3. The molecule has 0 radical (unpaired) electrons. The average molecular weight is 299 g/mol. The number of aryl methyl sites for hydroxylation is 1. The Balaban J connectivity index is 1.71. The summed E-state index contributed by atoms with van der Waals surface area (Å²) in [5.41, 5.74) is 2.36. The molecule has 0 spiro atoms. The van der Waals surface area contributed by atoms with Crippen molar-refractivity contribution in [1.29, 1.82) is 0 Å². The minimum absolute atomic E-state index is 0.0926. The first kappa shape index (κ1) is 14.4. The van der Waals surface area contributed by atoms with Gasteiger partial charge < -0.3 is 14.1 Å². The van der Waals surface area contributed by atoms with Gasteiger partial charge in [-0.15, -0.1) is 0 Å². The summed E-state index contributed by atoms with van der Waals surface area (Å²) in [6.07, 6.45) is 4.54. The second-order valence-corrected chi connectivity index (χ2v) is 5.37. The number of carbonyl (C=O) groups excluding carboxylic acids is 2. The molecule has 2 heterocycles. The molecule has 3 rings (SSSR count). The molecule has 2 aromatic rings. The maximum absolute atomic E-state index is 12.5. The van der Waals surface area contributed by atoms with Crippen molar-refractivity contribution >= 4 is 17.6 Å². The number of fused-ring (bicyclic) bond motifs is 1. The molecule has 0 saturated carbocycles. The Bertz CT molecular complexity index is 678. The van der Waals surface area contributed by atoms with Gasteiger partial charge in [0.05, 0.1) is 11.8 Å². The van der Waals surface area contributed by atoms with E-state index in [4.69, 9.17) is 9.15 Å². The fourth-order valence-corrected chi connectivity index (χ4v) is 2.73. The molecule has 1 aromatic heterocycles. The Hall–Kier alpha value is -2.56. The van der Waals surface area contributed by atoms with Crippen LogP contribution in [0, 0.1) is 0 Å². The van der Waals surface area contributed by atoms with Crippen molar-refractivity contribution in [2.24, 2.45) is 0 Å². The summed E-state index contributed by atoms with van der Waals surface area (Å²) in [7, 11) is 0. The van der Waals surface area contributed by atoms with Crippen molar-refractivity contribution in [2.75, 3.05) is 11.5 Å². The summed E-state index contributed by atoms with van der Waals surface area (Å²) in [6, 6.07) is 9.44. The average Bonchev–Trinajstić information content (AvgIpc) is 3.06. The molecule has 1 aliphatic heterocycles. The van der Waals surface area contributed by atoms with E-state index in [1.165, 1.54) is 18.6 Å². The predicted octanol–water partition coefficient (Wildman–Crippen LogP) is 2.80. The van der Waals surface area contributed by atoms with E-state index in [1.54, 1.807) is 4.90 Å². The van der Waals surface area contributed by atoms with Gasteiger partial charge in [0.15, 0.2) is 6.61 Å². The highest BCUT2D eigenvalue weighted by Gasteiger charge is 2.28. The lowest BCUT2D eigenvalue weighted by Gasteiger charge is -2.35. The van der Waals surface area contributed by atoms with E-state index in [0.717, 1.165) is 24.1 Å². The van der Waals surface area contributed by atoms with Crippen molar-refractivity contribution in [2.45, 2.75) is 25.8 Å². The van der Waals surface area contributed by atoms with Crippen molar-refractivity contribution in [3.63, 3.8) is 0 Å². The molecule has 5 heteroatoms. The number of hydrogen-bond acceptors (Lipinski definition) is 4. The van der Waals surface area contributed by atoms with E-state index in [1.807, 2.05) is 31.2 Å². The number of benzene rings is 1. The normalized spacial score (nSPS) is 17.0. The number of furan rings is 1. The highest BCUT2D eigenvalue weighted by molar-refractivity contribution is 5.98. The monoisotopic (exact) mass is 299 g/mol. The summed E-state index contributed by atoms with van der Waals surface area (Å²) in [5.74, 6) is -0.767. The molecule has 1 aromatic carbocycles. The first-order valence-electron chi connectivity index (χ1n) is 7.26. The Morgan fingerprint density at radius 1 is 1.32 bits per heavy atom. The molecule has 0 bridgehead atoms. The number of nitrogens with zero attached hydrogens (tertiary/aromatic N) is 1. The molecule has 1 unspecified atom stereocenters. The number of esters is 1. The fourth-order valence-electron chi connectivity index (χ4n) is 2.73. The summed E-state index contributed by atoms with van der Waals surface area (Å²) in [4.78, 5) is 26.0. The summed E-state index contributed by atoms with van der Waals surface area (Å²) < 4.78 is 9.90. The van der Waals surface area contributed by atoms with Crippen LogP contribution in [0.4, 0.5) is 5.69 Å². The number of rotatable bonds is 3. The molecule has 1 atom stereocenters. The number of para-hydroxylation sites is 1. The van der Waals surface area contributed by atoms with Gasteiger partial charge >= 0.3 is 5.97 Å². The van der Waals surface area contributed by atoms with E-state index in [0.29, 0.717) is 5.56 Å². The lowest BCUT2D eigenvalue weighted by Crippen LogP contribution is -2.44. The third-order valence-electron chi connectivity index (χ3n) is 3.88. The lowest BCUT2D eigenvalue weighted by molar-refractivity contribution is -0.122. The van der Waals surface area contributed by atoms with Crippen LogP contribution in [0.2, 0.25) is 0 Å². The van der Waals surface area contributed by atoms with Gasteiger partial charge in [-0.25, -0.2) is 4.79 Å². The van der Waals surface area contributed by atoms with Gasteiger partial charge in [-0.3, -0.25) is 4.79 Å². The highest BCUT2D eigenvalue weighted by atomic mass is 16.5. The molecule has 22 heavy (non-hydrogen) atoms. The van der Waals surface area contributed by atoms with Gasteiger partial charge in [0, 0.05) is 11.7 Å². The summed E-state index contributed by atoms with van der Waals surface area (Å²) in [6.45, 7) is 1.73. The van der Waals surface area contributed by atoms with Crippen LogP contribution in [0.15, 0.2) is 47.3 Å². The lowest BCUT2D eigenvalue weighted by atomic mass is 9.96. The first-order chi connectivity index (χ1) is 10.7. The van der Waals surface area contributed by atoms with Crippen molar-refractivity contribution in [3.8, 4) is 0 Å². The SMILES string of the molecule is CC1CCc2ccccc2N1C(=O)COC(=O)c1ccoc1. The Kier molecular flexibility index (Phi) is 3.96. The van der Waals surface area contributed by atoms with Gasteiger partial charge in [-0.1, -0.05) is 18.2 Å². The van der Waals surface area contributed by atoms with Crippen LogP contribution in [0.3, 0.4) is 0 Å². The van der Waals surface area contributed by atoms with Crippen LogP contribution in [0.1, 0.15) is 29.3 Å². The molecule has 1 amide bonds. The topological polar surface area (TPSA) is 59.8 Å². The van der Waals surface area contributed by atoms with Crippen molar-refractivity contribution in [3.05, 3.63) is 54.0 Å². The largest absolute Gasteiger partial charge is 0.472 e. The number of ether oxygens (including phenoxy) is 1. The maximum atomic E-state index is 12.5. The maximum Gasteiger partial charge on any atom is 0.341 e. The minimum Gasteiger partial charge on any atom is -0.472 e. The number of anilines is 1. The van der Waals surface area contributed by atoms with Crippen LogP contribution in [-0.2, 0) is 16.0 Å². The van der Waals surface area contributed by atoms with Crippen LogP contribution >= 0.6 is 0 Å². The van der Waals surface area contributed by atoms with Crippen LogP contribution in [-0.4, -0.2) is 24.5 Å². The standard InChI is InChI=1S/C17H17NO4/c1-12-6-7-13-4-2-3-5-15(13)18(12)16(19)11-22-17(20)14-8-9-21-10-14/h2-5,8-10,12H,6-7,11H2,1H3. The molecular formula is C17H17NO4. The molecule has 5 nitrogen and oxygen atoms in total. The van der Waals surface area contributed by atoms with Crippen molar-refractivity contribution < 1.29 is 18.7 Å². The van der Waals surface area contributed by atoms with Crippen LogP contribution < -0.4 is 4.90 Å². The molecule has 1 aliphatic rings. The van der Waals surface area contributed by atoms with Gasteiger partial charge in [0.1, 0.15) is 6.26 Å². The van der Waals surface area contributed by atoms with E-state index >= 15 is 0 Å². The molecule has 0 aliphatic carbocycles. The molecular weight excluding hydrogens is 282 g/mol. The van der Waals surface area contributed by atoms with E-state index in [9.17, 15) is 9.59 Å². The van der Waals surface area contributed by atoms with Crippen LogP contribution in [0.5, 0.6) is 0 Å². The van der Waals surface area contributed by atoms with Gasteiger partial charge in [-0.05, 0) is 37.5 Å². The number of amides is 1. The smallest absolute Gasteiger partial charge is 0.341 e. The Labute approximate surface area is 128 Å². The Morgan fingerprint density at radius 2 is 2.14 bits per heavy atom. The highest BCUT2D eigenvalue weighted by Crippen LogP contribution is 2.30. The van der Waals surface area contributed by atoms with Gasteiger partial charge in [0.25, 0.3) is 5.91 Å². The minimum atomic E-state index is -0.556. The first-order valence-corrected chi connectivity index (χ1v) is 7.26. The zero-order valence-electron chi connectivity index (χ0n) is 12.3. The van der Waals surface area contributed by atoms with Crippen molar-refractivity contribution in [1.82, 2.24) is 0 Å². The third-order valence-corrected chi connectivity index (χ3v) is 3.88. The summed E-state index contributed by atoms with van der Waals surface area (Å²) >= 11 is 0. The van der Waals surface area contributed by atoms with E-state index in [2.05, 4.69) is 0 Å². The predicted molar refractivity (Wildman–Crippen MR) is 80.7 cm³/mol. The Morgan fingerprint density at radius 3 is 2.91 bits per heavy atom. The van der Waals surface area contributed by atoms with Crippen LogP contribution in [0.25, 0.3) is 0 Å². The molecule has 0 fully saturated rings. The zero-order chi connectivity index (χ0) is 15.5. The van der Waals surface area contributed by atoms with Gasteiger partial charge in [0.2, 0.25) is 0 Å².